The number of halogens is 1. The first-order valence-corrected chi connectivity index (χ1v) is 7.68. The van der Waals surface area contributed by atoms with Crippen molar-refractivity contribution in [1.82, 2.24) is 14.5 Å². The first-order valence-electron chi connectivity index (χ1n) is 7.68. The maximum atomic E-state index is 14.1. The molecular formula is C18H18FN5O. The van der Waals surface area contributed by atoms with Gasteiger partial charge in [-0.25, -0.2) is 14.4 Å². The number of anilines is 3. The zero-order valence-electron chi connectivity index (χ0n) is 14.2. The topological polar surface area (TPSA) is 63.1 Å². The molecule has 6 nitrogen and oxygen atoms in total. The van der Waals surface area contributed by atoms with Gasteiger partial charge in [-0.2, -0.15) is 0 Å². The Hall–Kier alpha value is -3.22. The van der Waals surface area contributed by atoms with E-state index in [1.807, 2.05) is 43.3 Å². The second kappa shape index (κ2) is 6.72. The lowest BCUT2D eigenvalue weighted by Gasteiger charge is -2.13. The normalized spacial score (nSPS) is 10.6. The van der Waals surface area contributed by atoms with E-state index in [2.05, 4.69) is 15.3 Å². The Labute approximate surface area is 144 Å². The summed E-state index contributed by atoms with van der Waals surface area (Å²) in [5.41, 5.74) is 2.34. The first-order chi connectivity index (χ1) is 11.9. The molecule has 3 aromatic rings. The molecule has 128 valence electrons. The third-order valence-electron chi connectivity index (χ3n) is 3.74. The Kier molecular flexibility index (Phi) is 4.47. The predicted molar refractivity (Wildman–Crippen MR) is 96.7 cm³/mol. The molecule has 1 aromatic carbocycles. The summed E-state index contributed by atoms with van der Waals surface area (Å²) in [4.78, 5) is 21.7. The van der Waals surface area contributed by atoms with Crippen molar-refractivity contribution in [1.29, 1.82) is 0 Å². The molecule has 0 radical (unpaired) electrons. The Bertz CT molecular complexity index is 950. The largest absolute Gasteiger partial charge is 0.378 e. The first kappa shape index (κ1) is 16.6. The molecule has 0 amide bonds. The van der Waals surface area contributed by atoms with E-state index >= 15 is 0 Å². The lowest BCUT2D eigenvalue weighted by Crippen LogP contribution is -2.14. The summed E-state index contributed by atoms with van der Waals surface area (Å²) in [6, 6.07) is 10.6. The molecule has 0 aliphatic heterocycles. The zero-order chi connectivity index (χ0) is 18.0. The van der Waals surface area contributed by atoms with Crippen LogP contribution in [-0.4, -0.2) is 28.6 Å². The summed E-state index contributed by atoms with van der Waals surface area (Å²) in [5, 5.41) is 3.06. The van der Waals surface area contributed by atoms with Crippen LogP contribution in [-0.2, 0) is 7.05 Å². The average Bonchev–Trinajstić information content (AvgIpc) is 2.59. The van der Waals surface area contributed by atoms with Crippen molar-refractivity contribution < 1.29 is 4.39 Å². The number of pyridine rings is 1. The third-order valence-corrected chi connectivity index (χ3v) is 3.74. The number of aryl methyl sites for hydroxylation is 1. The molecule has 0 unspecified atom stereocenters. The Morgan fingerprint density at radius 2 is 1.84 bits per heavy atom. The van der Waals surface area contributed by atoms with Gasteiger partial charge in [-0.3, -0.25) is 4.79 Å². The van der Waals surface area contributed by atoms with Gasteiger partial charge in [-0.15, -0.1) is 0 Å². The van der Waals surface area contributed by atoms with E-state index < -0.39 is 5.82 Å². The maximum Gasteiger partial charge on any atom is 0.250 e. The maximum absolute atomic E-state index is 14.1. The molecule has 0 spiro atoms. The molecular weight excluding hydrogens is 321 g/mol. The van der Waals surface area contributed by atoms with Crippen LogP contribution in [0.4, 0.5) is 21.7 Å². The van der Waals surface area contributed by atoms with E-state index in [0.29, 0.717) is 5.56 Å². The number of hydrogen-bond donors (Lipinski definition) is 1. The molecule has 0 aliphatic carbocycles. The van der Waals surface area contributed by atoms with Gasteiger partial charge in [0.05, 0.1) is 6.20 Å². The van der Waals surface area contributed by atoms with Crippen LogP contribution in [0.15, 0.2) is 53.6 Å². The van der Waals surface area contributed by atoms with Gasteiger partial charge in [0.1, 0.15) is 5.69 Å². The minimum atomic E-state index is -0.549. The van der Waals surface area contributed by atoms with Crippen LogP contribution in [0.25, 0.3) is 11.3 Å². The molecule has 7 heteroatoms. The highest BCUT2D eigenvalue weighted by molar-refractivity contribution is 5.63. The number of rotatable bonds is 4. The van der Waals surface area contributed by atoms with Crippen LogP contribution in [0, 0.1) is 5.82 Å². The number of nitrogens with one attached hydrogen (secondary N) is 1. The van der Waals surface area contributed by atoms with Crippen LogP contribution in [0.5, 0.6) is 0 Å². The molecule has 0 atom stereocenters. The average molecular weight is 339 g/mol. The van der Waals surface area contributed by atoms with E-state index in [-0.39, 0.29) is 17.2 Å². The van der Waals surface area contributed by atoms with Gasteiger partial charge in [0, 0.05) is 50.3 Å². The number of benzene rings is 1. The van der Waals surface area contributed by atoms with Crippen molar-refractivity contribution in [2.75, 3.05) is 24.3 Å². The Morgan fingerprint density at radius 1 is 1.12 bits per heavy atom. The summed E-state index contributed by atoms with van der Waals surface area (Å²) < 4.78 is 15.5. The molecule has 3 rings (SSSR count). The monoisotopic (exact) mass is 339 g/mol. The quantitative estimate of drug-likeness (QED) is 0.792. The SMILES string of the molecule is CN(C)c1ccc(Nc2ncc(F)c(-c3ccc(=O)n(C)c3)n2)cc1. The van der Waals surface area contributed by atoms with Crippen molar-refractivity contribution in [2.45, 2.75) is 0 Å². The van der Waals surface area contributed by atoms with E-state index in [9.17, 15) is 9.18 Å². The molecule has 0 saturated heterocycles. The standard InChI is InChI=1S/C18H18FN5O/c1-23(2)14-7-5-13(6-8-14)21-18-20-10-15(19)17(22-18)12-4-9-16(25)24(3)11-12/h4-11H,1-3H3,(H,20,21,22). The second-order valence-electron chi connectivity index (χ2n) is 5.82. The Balaban J connectivity index is 1.91. The minimum Gasteiger partial charge on any atom is -0.378 e. The molecule has 2 aromatic heterocycles. The van der Waals surface area contributed by atoms with E-state index in [0.717, 1.165) is 17.6 Å². The highest BCUT2D eigenvalue weighted by Gasteiger charge is 2.11. The summed E-state index contributed by atoms with van der Waals surface area (Å²) in [7, 11) is 5.53. The summed E-state index contributed by atoms with van der Waals surface area (Å²) >= 11 is 0. The highest BCUT2D eigenvalue weighted by atomic mass is 19.1. The predicted octanol–water partition coefficient (Wildman–Crippen LogP) is 2.79. The molecule has 0 bridgehead atoms. The lowest BCUT2D eigenvalue weighted by atomic mass is 10.2. The van der Waals surface area contributed by atoms with Gasteiger partial charge in [0.15, 0.2) is 5.82 Å². The molecule has 0 aliphatic rings. The molecule has 25 heavy (non-hydrogen) atoms. The van der Waals surface area contributed by atoms with E-state index in [4.69, 9.17) is 0 Å². The van der Waals surface area contributed by atoms with Crippen molar-refractivity contribution in [3.8, 4) is 11.3 Å². The number of nitrogens with zero attached hydrogens (tertiary/aromatic N) is 4. The molecule has 1 N–H and O–H groups in total. The van der Waals surface area contributed by atoms with Gasteiger partial charge in [0.25, 0.3) is 0 Å². The van der Waals surface area contributed by atoms with E-state index in [1.54, 1.807) is 19.3 Å². The molecule has 0 fully saturated rings. The van der Waals surface area contributed by atoms with Gasteiger partial charge in [-0.05, 0) is 30.3 Å². The lowest BCUT2D eigenvalue weighted by molar-refractivity contribution is 0.618. The third kappa shape index (κ3) is 3.65. The van der Waals surface area contributed by atoms with Gasteiger partial charge < -0.3 is 14.8 Å². The van der Waals surface area contributed by atoms with Crippen LogP contribution in [0.2, 0.25) is 0 Å². The number of aromatic nitrogens is 3. The minimum absolute atomic E-state index is 0.137. The van der Waals surface area contributed by atoms with Crippen molar-refractivity contribution in [2.24, 2.45) is 7.05 Å². The van der Waals surface area contributed by atoms with Crippen LogP contribution >= 0.6 is 0 Å². The van der Waals surface area contributed by atoms with Crippen LogP contribution < -0.4 is 15.8 Å². The summed E-state index contributed by atoms with van der Waals surface area (Å²) in [6.07, 6.45) is 2.66. The van der Waals surface area contributed by atoms with Crippen molar-refractivity contribution >= 4 is 17.3 Å². The Morgan fingerprint density at radius 3 is 2.48 bits per heavy atom. The smallest absolute Gasteiger partial charge is 0.250 e. The molecule has 0 saturated carbocycles. The fourth-order valence-electron chi connectivity index (χ4n) is 2.34. The number of hydrogen-bond acceptors (Lipinski definition) is 5. The van der Waals surface area contributed by atoms with Crippen LogP contribution in [0.1, 0.15) is 0 Å². The van der Waals surface area contributed by atoms with Crippen molar-refractivity contribution in [3.05, 3.63) is 65.0 Å². The van der Waals surface area contributed by atoms with Gasteiger partial charge in [-0.1, -0.05) is 0 Å². The highest BCUT2D eigenvalue weighted by Crippen LogP contribution is 2.22. The van der Waals surface area contributed by atoms with Gasteiger partial charge in [0.2, 0.25) is 11.5 Å². The fourth-order valence-corrected chi connectivity index (χ4v) is 2.34. The summed E-state index contributed by atoms with van der Waals surface area (Å²) in [6.45, 7) is 0. The van der Waals surface area contributed by atoms with E-state index in [1.165, 1.54) is 10.6 Å². The zero-order valence-corrected chi connectivity index (χ0v) is 14.2. The van der Waals surface area contributed by atoms with Crippen LogP contribution in [0.3, 0.4) is 0 Å². The second-order valence-corrected chi connectivity index (χ2v) is 5.82. The van der Waals surface area contributed by atoms with Crippen molar-refractivity contribution in [3.63, 3.8) is 0 Å². The van der Waals surface area contributed by atoms with Gasteiger partial charge >= 0.3 is 0 Å². The molecule has 2 heterocycles. The fraction of sp³-hybridized carbons (Fsp3) is 0.167. The summed E-state index contributed by atoms with van der Waals surface area (Å²) in [5.74, 6) is -0.269.